The molecule has 1 atom stereocenters. The molecule has 0 radical (unpaired) electrons. The molecule has 142 valence electrons. The number of carbonyl (C=O) groups excluding carboxylic acids is 1. The zero-order valence-electron chi connectivity index (χ0n) is 15.3. The quantitative estimate of drug-likeness (QED) is 0.793. The Labute approximate surface area is 158 Å². The van der Waals surface area contributed by atoms with Crippen molar-refractivity contribution in [2.45, 2.75) is 24.4 Å². The highest BCUT2D eigenvalue weighted by atomic mass is 32.2. The fourth-order valence-electron chi connectivity index (χ4n) is 2.78. The molecule has 0 fully saturated rings. The Bertz CT molecular complexity index is 1000. The molecule has 1 aromatic carbocycles. The van der Waals surface area contributed by atoms with E-state index in [2.05, 4.69) is 20.0 Å². The first-order chi connectivity index (χ1) is 12.8. The number of aliphatic imine (C=N–C) groups is 1. The van der Waals surface area contributed by atoms with E-state index in [1.54, 1.807) is 31.3 Å². The van der Waals surface area contributed by atoms with E-state index in [0.717, 1.165) is 11.4 Å². The molecule has 1 amide bonds. The number of hydrogen-bond acceptors (Lipinski definition) is 6. The van der Waals surface area contributed by atoms with Crippen LogP contribution in [0, 0.1) is 0 Å². The van der Waals surface area contributed by atoms with Crippen molar-refractivity contribution in [3.63, 3.8) is 0 Å². The van der Waals surface area contributed by atoms with Gasteiger partial charge in [-0.05, 0) is 25.1 Å². The average molecular weight is 387 g/mol. The predicted octanol–water partition coefficient (Wildman–Crippen LogP) is 0.891. The van der Waals surface area contributed by atoms with Gasteiger partial charge in [0, 0.05) is 38.0 Å². The van der Waals surface area contributed by atoms with Crippen molar-refractivity contribution >= 4 is 27.6 Å². The highest BCUT2D eigenvalue weighted by Gasteiger charge is 2.31. The molecule has 1 aliphatic rings. The fraction of sp³-hybridized carbons (Fsp3) is 0.278. The molecule has 0 bridgehead atoms. The number of anilines is 1. The normalized spacial score (nSPS) is 17.1. The summed E-state index contributed by atoms with van der Waals surface area (Å²) in [6.45, 7) is 1.92. The van der Waals surface area contributed by atoms with Crippen molar-refractivity contribution in [1.29, 1.82) is 0 Å². The summed E-state index contributed by atoms with van der Waals surface area (Å²) in [5.41, 5.74) is 1.35. The zero-order chi connectivity index (χ0) is 19.6. The van der Waals surface area contributed by atoms with Crippen molar-refractivity contribution in [3.05, 3.63) is 53.7 Å². The lowest BCUT2D eigenvalue weighted by atomic mass is 10.2. The maximum Gasteiger partial charge on any atom is 0.263 e. The van der Waals surface area contributed by atoms with Gasteiger partial charge in [0.2, 0.25) is 5.91 Å². The van der Waals surface area contributed by atoms with E-state index < -0.39 is 16.1 Å². The summed E-state index contributed by atoms with van der Waals surface area (Å²) in [6.07, 6.45) is 1.69. The van der Waals surface area contributed by atoms with Crippen LogP contribution in [0.3, 0.4) is 0 Å². The van der Waals surface area contributed by atoms with E-state index in [-0.39, 0.29) is 16.6 Å². The van der Waals surface area contributed by atoms with Crippen molar-refractivity contribution in [1.82, 2.24) is 15.0 Å². The fourth-order valence-corrected chi connectivity index (χ4v) is 4.02. The smallest absolute Gasteiger partial charge is 0.263 e. The first kappa shape index (κ1) is 18.8. The molecule has 2 N–H and O–H groups in total. The van der Waals surface area contributed by atoms with E-state index in [0.29, 0.717) is 12.1 Å². The minimum atomic E-state index is -3.62. The number of amides is 1. The van der Waals surface area contributed by atoms with Gasteiger partial charge < -0.3 is 10.2 Å². The summed E-state index contributed by atoms with van der Waals surface area (Å²) < 4.78 is 26.7. The molecule has 0 aliphatic carbocycles. The lowest BCUT2D eigenvalue weighted by Gasteiger charge is -2.16. The Morgan fingerprint density at radius 2 is 2.00 bits per heavy atom. The van der Waals surface area contributed by atoms with Gasteiger partial charge in [0.1, 0.15) is 17.7 Å². The van der Waals surface area contributed by atoms with Crippen LogP contribution < -0.4 is 14.9 Å². The molecule has 8 nitrogen and oxygen atoms in total. The first-order valence-electron chi connectivity index (χ1n) is 8.38. The predicted molar refractivity (Wildman–Crippen MR) is 103 cm³/mol. The Kier molecular flexibility index (Phi) is 5.13. The number of fused-ring (bicyclic) bond motifs is 1. The number of pyridine rings is 1. The van der Waals surface area contributed by atoms with E-state index in [1.165, 1.54) is 6.07 Å². The lowest BCUT2D eigenvalue weighted by molar-refractivity contribution is -0.122. The molecule has 0 unspecified atom stereocenters. The Balaban J connectivity index is 1.73. The maximum atomic E-state index is 12.4. The maximum absolute atomic E-state index is 12.4. The highest BCUT2D eigenvalue weighted by molar-refractivity contribution is 7.90. The summed E-state index contributed by atoms with van der Waals surface area (Å²) >= 11 is 0. The third-order valence-electron chi connectivity index (χ3n) is 4.11. The summed E-state index contributed by atoms with van der Waals surface area (Å²) in [4.78, 5) is 23.0. The average Bonchev–Trinajstić information content (AvgIpc) is 2.90. The second-order valence-corrected chi connectivity index (χ2v) is 8.00. The van der Waals surface area contributed by atoms with Crippen LogP contribution in [0.5, 0.6) is 0 Å². The number of nitrogens with zero attached hydrogens (tertiary/aromatic N) is 3. The van der Waals surface area contributed by atoms with Crippen LogP contribution in [-0.4, -0.2) is 45.3 Å². The van der Waals surface area contributed by atoms with Crippen LogP contribution in [-0.2, 0) is 21.4 Å². The van der Waals surface area contributed by atoms with Crippen LogP contribution in [0.25, 0.3) is 0 Å². The molecule has 0 saturated carbocycles. The van der Waals surface area contributed by atoms with E-state index >= 15 is 0 Å². The minimum absolute atomic E-state index is 0.169. The number of amidine groups is 1. The molecular formula is C18H21N5O3S. The molecule has 27 heavy (non-hydrogen) atoms. The second-order valence-electron chi connectivity index (χ2n) is 6.35. The van der Waals surface area contributed by atoms with Crippen LogP contribution in [0.2, 0.25) is 0 Å². The highest BCUT2D eigenvalue weighted by Crippen LogP contribution is 2.22. The van der Waals surface area contributed by atoms with Crippen LogP contribution in [0.1, 0.15) is 18.1 Å². The number of rotatable bonds is 5. The summed E-state index contributed by atoms with van der Waals surface area (Å²) in [6, 6.07) is 9.49. The number of carbonyl (C=O) groups is 1. The summed E-state index contributed by atoms with van der Waals surface area (Å²) in [5, 5.41) is 2.82. The van der Waals surface area contributed by atoms with Crippen molar-refractivity contribution < 1.29 is 13.2 Å². The van der Waals surface area contributed by atoms with E-state index in [9.17, 15) is 13.2 Å². The number of sulfonamides is 1. The van der Waals surface area contributed by atoms with Gasteiger partial charge in [-0.15, -0.1) is 0 Å². The Morgan fingerprint density at radius 3 is 2.74 bits per heavy atom. The van der Waals surface area contributed by atoms with Crippen molar-refractivity contribution in [2.24, 2.45) is 4.99 Å². The van der Waals surface area contributed by atoms with Gasteiger partial charge in [-0.1, -0.05) is 18.2 Å². The van der Waals surface area contributed by atoms with Gasteiger partial charge >= 0.3 is 0 Å². The first-order valence-corrected chi connectivity index (χ1v) is 9.87. The standard InChI is InChI=1S/C18H21N5O3S/c1-12(18(24)20-11-13-7-6-10-19-17(13)23(2)3)21-16-14-8-4-5-9-15(14)27(25,26)22-16/h4-10,12H,11H2,1-3H3,(H,20,24)(H,21,22)/t12-/m0/s1. The molecule has 9 heteroatoms. The van der Waals surface area contributed by atoms with Crippen molar-refractivity contribution in [2.75, 3.05) is 19.0 Å². The van der Waals surface area contributed by atoms with Gasteiger partial charge in [-0.25, -0.2) is 13.4 Å². The van der Waals surface area contributed by atoms with Gasteiger partial charge in [-0.3, -0.25) is 14.5 Å². The van der Waals surface area contributed by atoms with Crippen LogP contribution in [0.4, 0.5) is 5.82 Å². The Morgan fingerprint density at radius 1 is 1.26 bits per heavy atom. The van der Waals surface area contributed by atoms with Gasteiger partial charge in [0.25, 0.3) is 10.0 Å². The molecule has 2 heterocycles. The van der Waals surface area contributed by atoms with Gasteiger partial charge in [-0.2, -0.15) is 0 Å². The lowest BCUT2D eigenvalue weighted by Crippen LogP contribution is -2.34. The monoisotopic (exact) mass is 387 g/mol. The molecule has 1 aromatic heterocycles. The Hall–Kier alpha value is -2.94. The molecule has 1 aliphatic heterocycles. The second kappa shape index (κ2) is 7.36. The largest absolute Gasteiger partial charge is 0.362 e. The topological polar surface area (TPSA) is 104 Å². The molecule has 0 spiro atoms. The zero-order valence-corrected chi connectivity index (χ0v) is 16.1. The third-order valence-corrected chi connectivity index (χ3v) is 5.51. The van der Waals surface area contributed by atoms with E-state index in [4.69, 9.17) is 0 Å². The molecular weight excluding hydrogens is 366 g/mol. The minimum Gasteiger partial charge on any atom is -0.362 e. The number of hydrogen-bond donors (Lipinski definition) is 2. The molecule has 0 saturated heterocycles. The summed E-state index contributed by atoms with van der Waals surface area (Å²) in [5.74, 6) is 0.650. The summed E-state index contributed by atoms with van der Waals surface area (Å²) in [7, 11) is 0.139. The van der Waals surface area contributed by atoms with Crippen molar-refractivity contribution in [3.8, 4) is 0 Å². The SMILES string of the molecule is C[C@H](N=C1NS(=O)(=O)c2ccccc21)C(=O)NCc1cccnc1N(C)C. The van der Waals surface area contributed by atoms with Crippen LogP contribution >= 0.6 is 0 Å². The van der Waals surface area contributed by atoms with Gasteiger partial charge in [0.15, 0.2) is 0 Å². The van der Waals surface area contributed by atoms with E-state index in [1.807, 2.05) is 31.1 Å². The van der Waals surface area contributed by atoms with Gasteiger partial charge in [0.05, 0.1) is 4.90 Å². The number of benzene rings is 1. The molecule has 2 aromatic rings. The number of nitrogens with one attached hydrogen (secondary N) is 2. The number of aromatic nitrogens is 1. The molecule has 3 rings (SSSR count). The third kappa shape index (κ3) is 3.92. The van der Waals surface area contributed by atoms with Crippen LogP contribution in [0.15, 0.2) is 52.5 Å².